The van der Waals surface area contributed by atoms with E-state index in [-0.39, 0.29) is 0 Å². The average Bonchev–Trinajstić information content (AvgIpc) is 3.13. The maximum atomic E-state index is 3.59. The normalized spacial score (nSPS) is 22.5. The molecule has 2 rings (SSSR count). The minimum atomic E-state index is 1.01. The number of hydrogen-bond donors (Lipinski definition) is 2. The van der Waals surface area contributed by atoms with Gasteiger partial charge in [0.1, 0.15) is 0 Å². The fourth-order valence-electron chi connectivity index (χ4n) is 2.73. The summed E-state index contributed by atoms with van der Waals surface area (Å²) in [6.45, 7) is 5.00. The van der Waals surface area contributed by atoms with Crippen molar-refractivity contribution in [2.24, 2.45) is 11.8 Å². The van der Waals surface area contributed by atoms with Crippen LogP contribution in [0.2, 0.25) is 0 Å². The van der Waals surface area contributed by atoms with Crippen LogP contribution in [-0.2, 0) is 0 Å². The second-order valence-corrected chi connectivity index (χ2v) is 5.67. The minimum absolute atomic E-state index is 1.01. The third-order valence-electron chi connectivity index (χ3n) is 4.09. The molecule has 0 atom stereocenters. The molecule has 1 aliphatic heterocycles. The van der Waals surface area contributed by atoms with Crippen LogP contribution in [0.3, 0.4) is 0 Å². The van der Waals surface area contributed by atoms with Crippen molar-refractivity contribution < 1.29 is 0 Å². The topological polar surface area (TPSA) is 24.1 Å². The highest BCUT2D eigenvalue weighted by Gasteiger charge is 2.19. The number of hydrogen-bond acceptors (Lipinski definition) is 2. The molecule has 0 aromatic rings. The largest absolute Gasteiger partial charge is 0.317 e. The van der Waals surface area contributed by atoms with Crippen LogP contribution in [0.15, 0.2) is 0 Å². The molecule has 0 amide bonds. The second-order valence-electron chi connectivity index (χ2n) is 5.67. The average molecular weight is 224 g/mol. The first kappa shape index (κ1) is 12.4. The van der Waals surface area contributed by atoms with Gasteiger partial charge in [-0.2, -0.15) is 0 Å². The van der Waals surface area contributed by atoms with Crippen LogP contribution in [0.5, 0.6) is 0 Å². The van der Waals surface area contributed by atoms with Gasteiger partial charge < -0.3 is 10.6 Å². The van der Waals surface area contributed by atoms with Crippen molar-refractivity contribution in [3.05, 3.63) is 0 Å². The molecular formula is C14H28N2. The quantitative estimate of drug-likeness (QED) is 0.619. The highest BCUT2D eigenvalue weighted by Crippen LogP contribution is 2.33. The second kappa shape index (κ2) is 7.29. The Morgan fingerprint density at radius 2 is 1.38 bits per heavy atom. The van der Waals surface area contributed by atoms with Crippen LogP contribution >= 0.6 is 0 Å². The van der Waals surface area contributed by atoms with Crippen molar-refractivity contribution in [2.75, 3.05) is 26.2 Å². The maximum Gasteiger partial charge on any atom is -0.00463 e. The van der Waals surface area contributed by atoms with Crippen LogP contribution in [0.4, 0.5) is 0 Å². The Morgan fingerprint density at radius 3 is 1.94 bits per heavy atom. The fraction of sp³-hybridized carbons (Fsp3) is 1.00. The molecule has 2 heteroatoms. The van der Waals surface area contributed by atoms with Crippen LogP contribution in [0.1, 0.15) is 51.4 Å². The Hall–Kier alpha value is -0.0800. The molecule has 2 aliphatic rings. The number of rotatable bonds is 8. The van der Waals surface area contributed by atoms with E-state index in [2.05, 4.69) is 10.6 Å². The lowest BCUT2D eigenvalue weighted by Crippen LogP contribution is -2.28. The first-order valence-corrected chi connectivity index (χ1v) is 7.36. The van der Waals surface area contributed by atoms with Crippen LogP contribution in [0.25, 0.3) is 0 Å². The predicted octanol–water partition coefficient (Wildman–Crippen LogP) is 2.55. The lowest BCUT2D eigenvalue weighted by atomic mass is 9.93. The Kier molecular flexibility index (Phi) is 5.64. The van der Waals surface area contributed by atoms with Crippen molar-refractivity contribution in [1.29, 1.82) is 0 Å². The zero-order valence-corrected chi connectivity index (χ0v) is 10.6. The van der Waals surface area contributed by atoms with Gasteiger partial charge in [-0.1, -0.05) is 12.8 Å². The van der Waals surface area contributed by atoms with Gasteiger partial charge in [0.25, 0.3) is 0 Å². The molecule has 1 aliphatic carbocycles. The summed E-state index contributed by atoms with van der Waals surface area (Å²) in [7, 11) is 0. The molecular weight excluding hydrogens is 196 g/mol. The van der Waals surface area contributed by atoms with Crippen LogP contribution < -0.4 is 10.6 Å². The molecule has 0 unspecified atom stereocenters. The number of piperidine rings is 1. The Morgan fingerprint density at radius 1 is 0.812 bits per heavy atom. The summed E-state index contributed by atoms with van der Waals surface area (Å²) in [5, 5.41) is 7.03. The monoisotopic (exact) mass is 224 g/mol. The zero-order chi connectivity index (χ0) is 11.1. The highest BCUT2D eigenvalue weighted by molar-refractivity contribution is 4.73. The van der Waals surface area contributed by atoms with E-state index >= 15 is 0 Å². The number of nitrogens with one attached hydrogen (secondary N) is 2. The maximum absolute atomic E-state index is 3.59. The molecule has 94 valence electrons. The standard InChI is InChI=1S/C14H28N2/c1(3-13-5-6-13)9-15-10-2-4-14-7-11-16-12-8-14/h13-16H,1-12H2. The van der Waals surface area contributed by atoms with Crippen molar-refractivity contribution in [1.82, 2.24) is 10.6 Å². The van der Waals surface area contributed by atoms with Crippen molar-refractivity contribution in [3.63, 3.8) is 0 Å². The van der Waals surface area contributed by atoms with Gasteiger partial charge in [0.05, 0.1) is 0 Å². The third-order valence-corrected chi connectivity index (χ3v) is 4.09. The first-order chi connectivity index (χ1) is 7.95. The smallest absolute Gasteiger partial charge is 0.00463 e. The molecule has 0 bridgehead atoms. The summed E-state index contributed by atoms with van der Waals surface area (Å²) < 4.78 is 0. The summed E-state index contributed by atoms with van der Waals surface area (Å²) in [6.07, 6.45) is 11.5. The van der Waals surface area contributed by atoms with E-state index in [0.717, 1.165) is 11.8 Å². The van der Waals surface area contributed by atoms with Gasteiger partial charge in [-0.25, -0.2) is 0 Å². The minimum Gasteiger partial charge on any atom is -0.317 e. The SMILES string of the molecule is C(CNCCCC1CC1)CC1CCNCC1. The predicted molar refractivity (Wildman–Crippen MR) is 69.7 cm³/mol. The molecule has 0 spiro atoms. The third kappa shape index (κ3) is 5.31. The van der Waals surface area contributed by atoms with Crippen molar-refractivity contribution in [3.8, 4) is 0 Å². The van der Waals surface area contributed by atoms with Gasteiger partial charge >= 0.3 is 0 Å². The van der Waals surface area contributed by atoms with Crippen molar-refractivity contribution >= 4 is 0 Å². The summed E-state index contributed by atoms with van der Waals surface area (Å²) >= 11 is 0. The Balaban J connectivity index is 1.33. The summed E-state index contributed by atoms with van der Waals surface area (Å²) in [5.41, 5.74) is 0. The Labute approximate surface area is 101 Å². The van der Waals surface area contributed by atoms with E-state index < -0.39 is 0 Å². The molecule has 2 fully saturated rings. The van der Waals surface area contributed by atoms with Crippen LogP contribution in [-0.4, -0.2) is 26.2 Å². The molecule has 1 saturated carbocycles. The van der Waals surface area contributed by atoms with E-state index in [0.29, 0.717) is 0 Å². The van der Waals surface area contributed by atoms with Gasteiger partial charge in [0, 0.05) is 0 Å². The molecule has 1 saturated heterocycles. The first-order valence-electron chi connectivity index (χ1n) is 7.36. The zero-order valence-electron chi connectivity index (χ0n) is 10.6. The Bertz CT molecular complexity index is 172. The lowest BCUT2D eigenvalue weighted by Gasteiger charge is -2.22. The van der Waals surface area contributed by atoms with E-state index in [1.165, 1.54) is 77.5 Å². The summed E-state index contributed by atoms with van der Waals surface area (Å²) in [6, 6.07) is 0. The van der Waals surface area contributed by atoms with E-state index in [4.69, 9.17) is 0 Å². The fourth-order valence-corrected chi connectivity index (χ4v) is 2.73. The van der Waals surface area contributed by atoms with Gasteiger partial charge in [-0.15, -0.1) is 0 Å². The van der Waals surface area contributed by atoms with E-state index in [1.807, 2.05) is 0 Å². The summed E-state index contributed by atoms with van der Waals surface area (Å²) in [4.78, 5) is 0. The molecule has 2 N–H and O–H groups in total. The van der Waals surface area contributed by atoms with Gasteiger partial charge in [-0.05, 0) is 76.5 Å². The van der Waals surface area contributed by atoms with Gasteiger partial charge in [0.2, 0.25) is 0 Å². The highest BCUT2D eigenvalue weighted by atomic mass is 14.9. The lowest BCUT2D eigenvalue weighted by molar-refractivity contribution is 0.344. The van der Waals surface area contributed by atoms with Crippen molar-refractivity contribution in [2.45, 2.75) is 51.4 Å². The molecule has 2 nitrogen and oxygen atoms in total. The molecule has 1 heterocycles. The van der Waals surface area contributed by atoms with Crippen LogP contribution in [0, 0.1) is 11.8 Å². The molecule has 0 radical (unpaired) electrons. The molecule has 16 heavy (non-hydrogen) atoms. The molecule has 0 aromatic carbocycles. The molecule has 0 aromatic heterocycles. The van der Waals surface area contributed by atoms with E-state index in [9.17, 15) is 0 Å². The summed E-state index contributed by atoms with van der Waals surface area (Å²) in [5.74, 6) is 2.12. The van der Waals surface area contributed by atoms with E-state index in [1.54, 1.807) is 0 Å². The van der Waals surface area contributed by atoms with Gasteiger partial charge in [-0.3, -0.25) is 0 Å². The van der Waals surface area contributed by atoms with Gasteiger partial charge in [0.15, 0.2) is 0 Å².